The molecule has 1 aromatic carbocycles. The lowest BCUT2D eigenvalue weighted by Gasteiger charge is -2.08. The van der Waals surface area contributed by atoms with Crippen molar-refractivity contribution in [1.82, 2.24) is 10.9 Å². The van der Waals surface area contributed by atoms with Crippen LogP contribution in [0.3, 0.4) is 0 Å². The second-order valence-electron chi connectivity index (χ2n) is 6.08. The van der Waals surface area contributed by atoms with Crippen LogP contribution in [-0.4, -0.2) is 38.5 Å². The first-order valence-corrected chi connectivity index (χ1v) is 10.1. The highest BCUT2D eigenvalue weighted by atomic mass is 35.5. The summed E-state index contributed by atoms with van der Waals surface area (Å²) in [6.45, 7) is 0.0943. The smallest absolute Gasteiger partial charge is 0.262 e. The molecule has 0 unspecified atom stereocenters. The number of amides is 2. The molecule has 2 heterocycles. The maximum absolute atomic E-state index is 11.8. The molecule has 0 bridgehead atoms. The third-order valence-electron chi connectivity index (χ3n) is 4.00. The summed E-state index contributed by atoms with van der Waals surface area (Å²) in [4.78, 5) is 23.6. The highest BCUT2D eigenvalue weighted by molar-refractivity contribution is 7.91. The molecule has 140 valence electrons. The number of halogens is 1. The molecule has 26 heavy (non-hydrogen) atoms. The van der Waals surface area contributed by atoms with Crippen molar-refractivity contribution in [3.05, 3.63) is 28.8 Å². The van der Waals surface area contributed by atoms with Crippen molar-refractivity contribution in [3.63, 3.8) is 0 Å². The number of hydrogen-bond acceptors (Lipinski definition) is 6. The minimum atomic E-state index is -3.03. The van der Waals surface area contributed by atoms with E-state index in [0.29, 0.717) is 28.5 Å². The van der Waals surface area contributed by atoms with Gasteiger partial charge in [0, 0.05) is 12.5 Å². The van der Waals surface area contributed by atoms with Crippen molar-refractivity contribution in [3.8, 4) is 11.5 Å². The van der Waals surface area contributed by atoms with Gasteiger partial charge in [-0.25, -0.2) is 8.42 Å². The molecule has 1 fully saturated rings. The van der Waals surface area contributed by atoms with Gasteiger partial charge in [-0.3, -0.25) is 20.4 Å². The standard InChI is InChI=1S/C16H17ClN2O6S/c17-12-5-10(6-13-16(12)25-9-24-13)1-2-14(20)18-19-15(21)7-11-3-4-26(22,23)8-11/h1-2,5-6,11H,3-4,7-9H2,(H,18,20)(H,19,21)/b2-1+/t11-/m1/s1. The summed E-state index contributed by atoms with van der Waals surface area (Å²) in [5, 5.41) is 0.375. The Labute approximate surface area is 155 Å². The van der Waals surface area contributed by atoms with Gasteiger partial charge in [0.25, 0.3) is 5.91 Å². The monoisotopic (exact) mass is 400 g/mol. The fourth-order valence-corrected chi connectivity index (χ4v) is 4.91. The van der Waals surface area contributed by atoms with Crippen LogP contribution in [0, 0.1) is 5.92 Å². The highest BCUT2D eigenvalue weighted by Gasteiger charge is 2.29. The predicted molar refractivity (Wildman–Crippen MR) is 94.3 cm³/mol. The molecule has 10 heteroatoms. The molecule has 2 N–H and O–H groups in total. The van der Waals surface area contributed by atoms with Crippen LogP contribution in [0.2, 0.25) is 5.02 Å². The van der Waals surface area contributed by atoms with Gasteiger partial charge >= 0.3 is 0 Å². The van der Waals surface area contributed by atoms with E-state index in [1.54, 1.807) is 12.1 Å². The Balaban J connectivity index is 1.47. The molecule has 3 rings (SSSR count). The van der Waals surface area contributed by atoms with Gasteiger partial charge in [0.2, 0.25) is 12.7 Å². The Morgan fingerprint density at radius 2 is 2.08 bits per heavy atom. The average Bonchev–Trinajstić information content (AvgIpc) is 3.17. The number of rotatable bonds is 4. The molecule has 8 nitrogen and oxygen atoms in total. The first-order chi connectivity index (χ1) is 12.3. The third kappa shape index (κ3) is 4.67. The minimum Gasteiger partial charge on any atom is -0.454 e. The van der Waals surface area contributed by atoms with Gasteiger partial charge < -0.3 is 9.47 Å². The minimum absolute atomic E-state index is 0.0130. The van der Waals surface area contributed by atoms with Crippen molar-refractivity contribution in [2.24, 2.45) is 5.92 Å². The second-order valence-corrected chi connectivity index (χ2v) is 8.72. The number of benzene rings is 1. The van der Waals surface area contributed by atoms with Crippen molar-refractivity contribution in [2.75, 3.05) is 18.3 Å². The Morgan fingerprint density at radius 3 is 2.81 bits per heavy atom. The van der Waals surface area contributed by atoms with Crippen LogP contribution < -0.4 is 20.3 Å². The molecule has 0 aromatic heterocycles. The SMILES string of the molecule is O=C(/C=C/c1cc(Cl)c2c(c1)OCO2)NNC(=O)C[C@H]1CCS(=O)(=O)C1. The van der Waals surface area contributed by atoms with Gasteiger partial charge in [-0.15, -0.1) is 0 Å². The van der Waals surface area contributed by atoms with Crippen LogP contribution in [0.4, 0.5) is 0 Å². The maximum atomic E-state index is 11.8. The first-order valence-electron chi connectivity index (χ1n) is 7.89. The van der Waals surface area contributed by atoms with Gasteiger partial charge in [0.1, 0.15) is 0 Å². The molecule has 0 spiro atoms. The van der Waals surface area contributed by atoms with Crippen LogP contribution in [-0.2, 0) is 19.4 Å². The van der Waals surface area contributed by atoms with E-state index in [1.807, 2.05) is 0 Å². The number of ether oxygens (including phenoxy) is 2. The van der Waals surface area contributed by atoms with E-state index < -0.39 is 21.7 Å². The summed E-state index contributed by atoms with van der Waals surface area (Å²) in [5.41, 5.74) is 5.16. The lowest BCUT2D eigenvalue weighted by molar-refractivity contribution is -0.127. The van der Waals surface area contributed by atoms with Gasteiger partial charge in [-0.2, -0.15) is 0 Å². The number of hydrazine groups is 1. The molecule has 1 aromatic rings. The third-order valence-corrected chi connectivity index (χ3v) is 6.12. The topological polar surface area (TPSA) is 111 Å². The summed E-state index contributed by atoms with van der Waals surface area (Å²) in [6, 6.07) is 3.30. The Hall–Kier alpha value is -2.26. The van der Waals surface area contributed by atoms with E-state index in [1.165, 1.54) is 12.2 Å². The normalized spacial score (nSPS) is 20.3. The fraction of sp³-hybridized carbons (Fsp3) is 0.375. The summed E-state index contributed by atoms with van der Waals surface area (Å²) in [6.07, 6.45) is 3.27. The van der Waals surface area contributed by atoms with Crippen LogP contribution in [0.15, 0.2) is 18.2 Å². The van der Waals surface area contributed by atoms with Gasteiger partial charge in [0.15, 0.2) is 21.3 Å². The zero-order valence-corrected chi connectivity index (χ0v) is 15.2. The molecule has 1 atom stereocenters. The van der Waals surface area contributed by atoms with E-state index in [-0.39, 0.29) is 30.6 Å². The largest absolute Gasteiger partial charge is 0.454 e. The second kappa shape index (κ2) is 7.55. The fourth-order valence-electron chi connectivity index (χ4n) is 2.77. The van der Waals surface area contributed by atoms with E-state index in [4.69, 9.17) is 21.1 Å². The van der Waals surface area contributed by atoms with Crippen LogP contribution in [0.1, 0.15) is 18.4 Å². The van der Waals surface area contributed by atoms with Crippen molar-refractivity contribution in [1.29, 1.82) is 0 Å². The molecule has 0 saturated carbocycles. The van der Waals surface area contributed by atoms with Crippen LogP contribution >= 0.6 is 11.6 Å². The Kier molecular flexibility index (Phi) is 5.38. The van der Waals surface area contributed by atoms with Crippen molar-refractivity contribution < 1.29 is 27.5 Å². The van der Waals surface area contributed by atoms with Gasteiger partial charge in [-0.05, 0) is 36.1 Å². The lowest BCUT2D eigenvalue weighted by Crippen LogP contribution is -2.41. The number of sulfone groups is 1. The molecular weight excluding hydrogens is 384 g/mol. The Morgan fingerprint density at radius 1 is 1.27 bits per heavy atom. The number of carbonyl (C=O) groups excluding carboxylic acids is 2. The zero-order chi connectivity index (χ0) is 18.7. The lowest BCUT2D eigenvalue weighted by atomic mass is 10.1. The van der Waals surface area contributed by atoms with Crippen LogP contribution in [0.25, 0.3) is 6.08 Å². The molecule has 2 aliphatic rings. The Bertz CT molecular complexity index is 868. The summed E-state index contributed by atoms with van der Waals surface area (Å²) in [7, 11) is -3.03. The van der Waals surface area contributed by atoms with E-state index in [0.717, 1.165) is 0 Å². The molecule has 2 aliphatic heterocycles. The molecule has 1 saturated heterocycles. The number of nitrogens with one attached hydrogen (secondary N) is 2. The molecule has 2 amide bonds. The van der Waals surface area contributed by atoms with E-state index in [9.17, 15) is 18.0 Å². The summed E-state index contributed by atoms with van der Waals surface area (Å²) in [5.74, 6) is -0.0849. The van der Waals surface area contributed by atoms with Crippen LogP contribution in [0.5, 0.6) is 11.5 Å². The number of hydrogen-bond donors (Lipinski definition) is 2. The highest BCUT2D eigenvalue weighted by Crippen LogP contribution is 2.40. The zero-order valence-electron chi connectivity index (χ0n) is 13.7. The molecular formula is C16H17ClN2O6S. The van der Waals surface area contributed by atoms with Crippen molar-refractivity contribution >= 4 is 39.3 Å². The van der Waals surface area contributed by atoms with Crippen molar-refractivity contribution in [2.45, 2.75) is 12.8 Å². The number of fused-ring (bicyclic) bond motifs is 1. The number of carbonyl (C=O) groups is 2. The molecule has 0 radical (unpaired) electrons. The maximum Gasteiger partial charge on any atom is 0.262 e. The predicted octanol–water partition coefficient (Wildman–Crippen LogP) is 1.05. The first kappa shape index (κ1) is 18.5. The van der Waals surface area contributed by atoms with Gasteiger partial charge in [-0.1, -0.05) is 11.6 Å². The molecule has 0 aliphatic carbocycles. The van der Waals surface area contributed by atoms with E-state index >= 15 is 0 Å². The summed E-state index contributed by atoms with van der Waals surface area (Å²) >= 11 is 6.05. The average molecular weight is 401 g/mol. The van der Waals surface area contributed by atoms with E-state index in [2.05, 4.69) is 10.9 Å². The summed E-state index contributed by atoms with van der Waals surface area (Å²) < 4.78 is 33.2. The quantitative estimate of drug-likeness (QED) is 0.577. The van der Waals surface area contributed by atoms with Gasteiger partial charge in [0.05, 0.1) is 16.5 Å².